The lowest BCUT2D eigenvalue weighted by Crippen LogP contribution is -2.45. The van der Waals surface area contributed by atoms with E-state index in [9.17, 15) is 5.11 Å². The van der Waals surface area contributed by atoms with Crippen molar-refractivity contribution in [1.29, 1.82) is 0 Å². The van der Waals surface area contributed by atoms with Crippen molar-refractivity contribution in [2.24, 2.45) is 5.41 Å². The molecule has 1 atom stereocenters. The molecule has 1 aliphatic heterocycles. The number of rotatable bonds is 4. The van der Waals surface area contributed by atoms with E-state index in [1.54, 1.807) is 11.3 Å². The summed E-state index contributed by atoms with van der Waals surface area (Å²) in [5, 5.41) is 15.6. The summed E-state index contributed by atoms with van der Waals surface area (Å²) in [7, 11) is 0. The molecule has 2 fully saturated rings. The van der Waals surface area contributed by atoms with Crippen LogP contribution in [0.4, 0.5) is 5.13 Å². The average Bonchev–Trinajstić information content (AvgIpc) is 3.29. The molecule has 0 amide bonds. The number of anilines is 1. The van der Waals surface area contributed by atoms with Crippen LogP contribution in [0, 0.1) is 5.41 Å². The van der Waals surface area contributed by atoms with Gasteiger partial charge in [-0.25, -0.2) is 9.50 Å². The van der Waals surface area contributed by atoms with Gasteiger partial charge in [0.25, 0.3) is 0 Å². The van der Waals surface area contributed by atoms with Gasteiger partial charge in [0.05, 0.1) is 18.5 Å². The predicted molar refractivity (Wildman–Crippen MR) is 93.3 cm³/mol. The van der Waals surface area contributed by atoms with Gasteiger partial charge in [0, 0.05) is 24.4 Å². The van der Waals surface area contributed by atoms with Gasteiger partial charge < -0.3 is 10.0 Å². The van der Waals surface area contributed by atoms with Crippen molar-refractivity contribution in [3.63, 3.8) is 0 Å². The fraction of sp³-hybridized carbons (Fsp3) is 0.765. The first-order chi connectivity index (χ1) is 11.2. The van der Waals surface area contributed by atoms with Gasteiger partial charge in [0.1, 0.15) is 0 Å². The van der Waals surface area contributed by atoms with Crippen LogP contribution in [0.3, 0.4) is 0 Å². The summed E-state index contributed by atoms with van der Waals surface area (Å²) in [5.74, 6) is 0.643. The lowest BCUT2D eigenvalue weighted by molar-refractivity contribution is 0.101. The molecule has 6 heteroatoms. The number of fused-ring (bicyclic) bond motifs is 1. The second-order valence-electron chi connectivity index (χ2n) is 7.30. The molecular formula is C17H26N4OS. The Balaban J connectivity index is 1.56. The number of piperidine rings is 1. The van der Waals surface area contributed by atoms with Crippen LogP contribution < -0.4 is 4.90 Å². The summed E-state index contributed by atoms with van der Waals surface area (Å²) >= 11 is 1.69. The number of imidazole rings is 1. The summed E-state index contributed by atoms with van der Waals surface area (Å²) in [5.41, 5.74) is 1.27. The van der Waals surface area contributed by atoms with Gasteiger partial charge >= 0.3 is 0 Å². The van der Waals surface area contributed by atoms with E-state index >= 15 is 0 Å². The van der Waals surface area contributed by atoms with Crippen molar-refractivity contribution in [3.05, 3.63) is 11.9 Å². The Morgan fingerprint density at radius 2 is 2.17 bits per heavy atom. The maximum atomic E-state index is 9.80. The minimum absolute atomic E-state index is 0.0427. The Labute approximate surface area is 141 Å². The first-order valence-electron chi connectivity index (χ1n) is 8.95. The Morgan fingerprint density at radius 1 is 1.35 bits per heavy atom. The normalized spacial score (nSPS) is 26.4. The third-order valence-corrected chi connectivity index (χ3v) is 6.83. The minimum atomic E-state index is 0.0427. The maximum absolute atomic E-state index is 9.80. The van der Waals surface area contributed by atoms with Gasteiger partial charge in [-0.3, -0.25) is 0 Å². The van der Waals surface area contributed by atoms with E-state index in [1.807, 2.05) is 4.52 Å². The Bertz CT molecular complexity index is 638. The molecule has 2 aliphatic rings. The van der Waals surface area contributed by atoms with E-state index in [2.05, 4.69) is 18.0 Å². The molecule has 1 N–H and O–H groups in total. The highest BCUT2D eigenvalue weighted by Gasteiger charge is 2.34. The molecule has 2 aromatic rings. The van der Waals surface area contributed by atoms with Crippen LogP contribution in [0.15, 0.2) is 6.20 Å². The fourth-order valence-corrected chi connectivity index (χ4v) is 5.07. The van der Waals surface area contributed by atoms with Crippen LogP contribution in [0.1, 0.15) is 63.5 Å². The summed E-state index contributed by atoms with van der Waals surface area (Å²) < 4.78 is 1.97. The lowest BCUT2D eigenvalue weighted by atomic mass is 9.78. The van der Waals surface area contributed by atoms with Crippen molar-refractivity contribution in [2.75, 3.05) is 24.6 Å². The smallest absolute Gasteiger partial charge is 0.214 e. The second-order valence-corrected chi connectivity index (χ2v) is 8.23. The van der Waals surface area contributed by atoms with Crippen molar-refractivity contribution in [1.82, 2.24) is 14.6 Å². The van der Waals surface area contributed by atoms with Gasteiger partial charge in [-0.15, -0.1) is 5.10 Å². The molecule has 23 heavy (non-hydrogen) atoms. The molecule has 0 bridgehead atoms. The zero-order valence-corrected chi connectivity index (χ0v) is 14.7. The molecule has 1 unspecified atom stereocenters. The van der Waals surface area contributed by atoms with E-state index in [4.69, 9.17) is 10.1 Å². The van der Waals surface area contributed by atoms with Crippen LogP contribution in [0.2, 0.25) is 0 Å². The third-order valence-electron chi connectivity index (χ3n) is 5.84. The second kappa shape index (κ2) is 6.06. The lowest BCUT2D eigenvalue weighted by Gasteiger charge is -2.41. The number of aliphatic hydroxyl groups excluding tert-OH is 1. The summed E-state index contributed by atoms with van der Waals surface area (Å²) in [4.78, 5) is 8.19. The van der Waals surface area contributed by atoms with Crippen LogP contribution in [0.25, 0.3) is 4.96 Å². The number of hydrogen-bond acceptors (Lipinski definition) is 5. The molecule has 3 heterocycles. The Kier molecular flexibility index (Phi) is 4.05. The van der Waals surface area contributed by atoms with Gasteiger partial charge in [0.15, 0.2) is 0 Å². The summed E-state index contributed by atoms with van der Waals surface area (Å²) in [6, 6.07) is 0. The molecule has 2 aromatic heterocycles. The van der Waals surface area contributed by atoms with Crippen molar-refractivity contribution < 1.29 is 5.11 Å². The Hall–Kier alpha value is -1.14. The van der Waals surface area contributed by atoms with Crippen LogP contribution in [-0.4, -0.2) is 39.4 Å². The fourth-order valence-electron chi connectivity index (χ4n) is 4.15. The molecule has 126 valence electrons. The van der Waals surface area contributed by atoms with Gasteiger partial charge in [0.2, 0.25) is 10.1 Å². The molecule has 1 saturated heterocycles. The molecule has 5 nitrogen and oxygen atoms in total. The standard InChI is InChI=1S/C17H26N4OS/c1-2-17(12-22)8-5-9-20(11-17)16-19-21-10-14(18-15(21)23-16)13-6-3-4-7-13/h10,13,22H,2-9,11-12H2,1H3. The quantitative estimate of drug-likeness (QED) is 0.930. The number of hydrogen-bond donors (Lipinski definition) is 1. The SMILES string of the molecule is CCC1(CO)CCCN(c2nn3cc(C4CCCC4)nc3s2)C1. The highest BCUT2D eigenvalue weighted by Crippen LogP contribution is 2.38. The van der Waals surface area contributed by atoms with Crippen LogP contribution in [-0.2, 0) is 0 Å². The highest BCUT2D eigenvalue weighted by molar-refractivity contribution is 7.20. The van der Waals surface area contributed by atoms with Crippen LogP contribution in [0.5, 0.6) is 0 Å². The first-order valence-corrected chi connectivity index (χ1v) is 9.76. The largest absolute Gasteiger partial charge is 0.396 e. The van der Waals surface area contributed by atoms with Crippen LogP contribution >= 0.6 is 11.3 Å². The molecule has 0 radical (unpaired) electrons. The molecule has 4 rings (SSSR count). The Morgan fingerprint density at radius 3 is 2.87 bits per heavy atom. The summed E-state index contributed by atoms with van der Waals surface area (Å²) in [6.07, 6.45) is 10.6. The van der Waals surface area contributed by atoms with Gasteiger partial charge in [-0.05, 0) is 32.1 Å². The zero-order valence-electron chi connectivity index (χ0n) is 13.9. The minimum Gasteiger partial charge on any atom is -0.396 e. The number of aliphatic hydroxyl groups is 1. The topological polar surface area (TPSA) is 53.7 Å². The van der Waals surface area contributed by atoms with E-state index in [0.717, 1.165) is 42.4 Å². The molecule has 0 aromatic carbocycles. The number of aromatic nitrogens is 3. The van der Waals surface area contributed by atoms with E-state index in [0.29, 0.717) is 5.92 Å². The van der Waals surface area contributed by atoms with Crippen molar-refractivity contribution >= 4 is 21.4 Å². The van der Waals surface area contributed by atoms with Crippen molar-refractivity contribution in [3.8, 4) is 0 Å². The average molecular weight is 334 g/mol. The molecular weight excluding hydrogens is 308 g/mol. The van der Waals surface area contributed by atoms with E-state index < -0.39 is 0 Å². The van der Waals surface area contributed by atoms with E-state index in [1.165, 1.54) is 31.4 Å². The zero-order chi connectivity index (χ0) is 15.9. The van der Waals surface area contributed by atoms with Crippen molar-refractivity contribution in [2.45, 2.75) is 57.8 Å². The predicted octanol–water partition coefficient (Wildman–Crippen LogP) is 3.44. The van der Waals surface area contributed by atoms with Gasteiger partial charge in [-0.2, -0.15) is 0 Å². The monoisotopic (exact) mass is 334 g/mol. The molecule has 1 aliphatic carbocycles. The summed E-state index contributed by atoms with van der Waals surface area (Å²) in [6.45, 7) is 4.40. The molecule has 1 saturated carbocycles. The number of nitrogens with zero attached hydrogens (tertiary/aromatic N) is 4. The highest BCUT2D eigenvalue weighted by atomic mass is 32.1. The first kappa shape index (κ1) is 15.4. The third kappa shape index (κ3) is 2.76. The molecule has 0 spiro atoms. The van der Waals surface area contributed by atoms with E-state index in [-0.39, 0.29) is 12.0 Å². The maximum Gasteiger partial charge on any atom is 0.214 e. The van der Waals surface area contributed by atoms with Gasteiger partial charge in [-0.1, -0.05) is 31.1 Å².